The molecule has 0 saturated carbocycles. The summed E-state index contributed by atoms with van der Waals surface area (Å²) >= 11 is 1.81. The van der Waals surface area contributed by atoms with Crippen molar-refractivity contribution in [2.45, 2.75) is 6.92 Å². The number of hydrogen-bond donors (Lipinski definition) is 0. The fourth-order valence-corrected chi connectivity index (χ4v) is 8.66. The second kappa shape index (κ2) is 12.8. The molecule has 4 heteroatoms. The first kappa shape index (κ1) is 30.7. The molecule has 0 radical (unpaired) electrons. The Hall–Kier alpha value is -6.36. The van der Waals surface area contributed by atoms with E-state index in [0.717, 1.165) is 16.0 Å². The van der Waals surface area contributed by atoms with Crippen molar-refractivity contribution in [3.63, 3.8) is 0 Å². The smallest absolute Gasteiger partial charge is 0.160 e. The van der Waals surface area contributed by atoms with Gasteiger partial charge in [0.1, 0.15) is 0 Å². The van der Waals surface area contributed by atoms with Crippen LogP contribution in [0.5, 0.6) is 0 Å². The largest absolute Gasteiger partial charge is 0.309 e. The van der Waals surface area contributed by atoms with Crippen LogP contribution in [-0.2, 0) is 0 Å². The van der Waals surface area contributed by atoms with E-state index in [0.29, 0.717) is 5.84 Å². The molecule has 9 aromatic rings. The minimum absolute atomic E-state index is 0.664. The van der Waals surface area contributed by atoms with Crippen molar-refractivity contribution >= 4 is 65.4 Å². The van der Waals surface area contributed by atoms with Crippen molar-refractivity contribution in [2.24, 2.45) is 9.98 Å². The Morgan fingerprint density at radius 3 is 1.92 bits per heavy atom. The minimum Gasteiger partial charge on any atom is -0.309 e. The van der Waals surface area contributed by atoms with E-state index in [1.807, 2.05) is 18.3 Å². The topological polar surface area (TPSA) is 29.6 Å². The van der Waals surface area contributed by atoms with Crippen molar-refractivity contribution in [3.8, 4) is 39.1 Å². The highest BCUT2D eigenvalue weighted by Crippen LogP contribution is 2.48. The van der Waals surface area contributed by atoms with Crippen LogP contribution < -0.4 is 0 Å². The summed E-state index contributed by atoms with van der Waals surface area (Å²) < 4.78 is 4.86. The molecule has 242 valence electrons. The lowest BCUT2D eigenvalue weighted by Crippen LogP contribution is -1.96. The molecular formula is C47H33N3S. The number of aliphatic imine (C=N–C) groups is 2. The Bertz CT molecular complexity index is 2790. The van der Waals surface area contributed by atoms with E-state index in [1.54, 1.807) is 12.4 Å². The molecule has 0 aliphatic heterocycles. The number of aromatic nitrogens is 1. The van der Waals surface area contributed by atoms with E-state index >= 15 is 0 Å². The maximum Gasteiger partial charge on any atom is 0.160 e. The molecule has 7 aromatic carbocycles. The summed E-state index contributed by atoms with van der Waals surface area (Å²) in [6, 6.07) is 56.9. The molecule has 0 amide bonds. The molecule has 0 N–H and O–H groups in total. The Kier molecular flexibility index (Phi) is 7.72. The summed E-state index contributed by atoms with van der Waals surface area (Å²) in [5.74, 6) is 0.664. The lowest BCUT2D eigenvalue weighted by atomic mass is 9.95. The second-order valence-corrected chi connectivity index (χ2v) is 13.6. The molecule has 9 rings (SSSR count). The number of hydrogen-bond acceptors (Lipinski definition) is 2. The van der Waals surface area contributed by atoms with Crippen LogP contribution in [0.25, 0.3) is 81.0 Å². The third-order valence-corrected chi connectivity index (χ3v) is 10.8. The molecule has 0 atom stereocenters. The zero-order chi connectivity index (χ0) is 34.3. The summed E-state index contributed by atoms with van der Waals surface area (Å²) in [6.45, 7) is 5.80. The van der Waals surface area contributed by atoms with Gasteiger partial charge in [-0.2, -0.15) is 0 Å². The number of nitrogens with zero attached hydrogens (tertiary/aromatic N) is 3. The third kappa shape index (κ3) is 5.20. The quantitative estimate of drug-likeness (QED) is 0.124. The highest BCUT2D eigenvalue weighted by atomic mass is 32.1. The molecule has 0 bridgehead atoms. The van der Waals surface area contributed by atoms with Gasteiger partial charge in [-0.25, -0.2) is 9.98 Å². The molecule has 2 heterocycles. The van der Waals surface area contributed by atoms with Crippen LogP contribution >= 0.6 is 11.3 Å². The minimum atomic E-state index is 0.664. The molecule has 0 unspecified atom stereocenters. The first-order valence-electron chi connectivity index (χ1n) is 17.1. The Morgan fingerprint density at radius 2 is 1.24 bits per heavy atom. The Morgan fingerprint density at radius 1 is 0.608 bits per heavy atom. The van der Waals surface area contributed by atoms with Crippen LogP contribution in [0.2, 0.25) is 0 Å². The molecule has 0 spiro atoms. The molecule has 2 aromatic heterocycles. The first-order valence-corrected chi connectivity index (χ1v) is 18.0. The van der Waals surface area contributed by atoms with Crippen LogP contribution in [0.1, 0.15) is 12.5 Å². The monoisotopic (exact) mass is 671 g/mol. The van der Waals surface area contributed by atoms with Gasteiger partial charge < -0.3 is 4.57 Å². The Balaban J connectivity index is 1.44. The molecular weight excluding hydrogens is 639 g/mol. The Labute approximate surface area is 300 Å². The lowest BCUT2D eigenvalue weighted by molar-refractivity contribution is 1.18. The summed E-state index contributed by atoms with van der Waals surface area (Å²) in [4.78, 5) is 9.24. The predicted octanol–water partition coefficient (Wildman–Crippen LogP) is 13.1. The normalized spacial score (nSPS) is 12.1. The highest BCUT2D eigenvalue weighted by molar-refractivity contribution is 7.26. The lowest BCUT2D eigenvalue weighted by Gasteiger charge is -2.13. The maximum atomic E-state index is 4.65. The van der Waals surface area contributed by atoms with Crippen LogP contribution in [-0.4, -0.2) is 16.6 Å². The van der Waals surface area contributed by atoms with Gasteiger partial charge in [0, 0.05) is 60.2 Å². The van der Waals surface area contributed by atoms with Gasteiger partial charge in [0.2, 0.25) is 0 Å². The summed E-state index contributed by atoms with van der Waals surface area (Å²) in [5.41, 5.74) is 11.7. The number of para-hydroxylation sites is 1. The SMILES string of the molecule is C=CN=C(N=CC)c1cccc2c1sc1cc(-c3ccc(-c4ccccc4)cc3)c3c(c4ccc(-c5ccccc5)cc4n3-c3ccccc3)c12. The van der Waals surface area contributed by atoms with Gasteiger partial charge in [0.05, 0.1) is 11.0 Å². The second-order valence-electron chi connectivity index (χ2n) is 12.5. The molecule has 0 aliphatic rings. The fraction of sp³-hybridized carbons (Fsp3) is 0.0213. The van der Waals surface area contributed by atoms with E-state index in [4.69, 9.17) is 0 Å². The van der Waals surface area contributed by atoms with Crippen molar-refractivity contribution in [2.75, 3.05) is 0 Å². The third-order valence-electron chi connectivity index (χ3n) is 9.62. The van der Waals surface area contributed by atoms with Crippen LogP contribution in [0.4, 0.5) is 0 Å². The number of benzene rings is 7. The number of fused-ring (bicyclic) bond motifs is 7. The van der Waals surface area contributed by atoms with Gasteiger partial charge >= 0.3 is 0 Å². The maximum absolute atomic E-state index is 4.65. The first-order chi connectivity index (χ1) is 25.2. The standard InChI is InChI=1S/C47H33N3S/c1-3-48-47(49-4-2)39-22-14-21-38-43-42(51-46(38)39)30-40(34-25-23-33(24-26-34)31-15-8-5-9-16-31)45-44(43)37-28-27-35(32-17-10-6-11-18-32)29-41(37)50(45)36-19-12-7-13-20-36/h3-30H,1H2,2H3. The molecule has 0 fully saturated rings. The highest BCUT2D eigenvalue weighted by Gasteiger charge is 2.23. The average Bonchev–Trinajstić information content (AvgIpc) is 3.74. The van der Waals surface area contributed by atoms with Gasteiger partial charge in [-0.3, -0.25) is 0 Å². The van der Waals surface area contributed by atoms with Crippen molar-refractivity contribution in [3.05, 3.63) is 176 Å². The van der Waals surface area contributed by atoms with Crippen molar-refractivity contribution < 1.29 is 0 Å². The van der Waals surface area contributed by atoms with Gasteiger partial charge in [-0.05, 0) is 65.1 Å². The van der Waals surface area contributed by atoms with Gasteiger partial charge in [0.15, 0.2) is 5.84 Å². The molecule has 0 saturated heterocycles. The van der Waals surface area contributed by atoms with E-state index in [9.17, 15) is 0 Å². The van der Waals surface area contributed by atoms with Crippen LogP contribution in [0.3, 0.4) is 0 Å². The summed E-state index contributed by atoms with van der Waals surface area (Å²) in [5, 5.41) is 4.92. The zero-order valence-corrected chi connectivity index (χ0v) is 28.9. The van der Waals surface area contributed by atoms with Gasteiger partial charge in [0.25, 0.3) is 0 Å². The van der Waals surface area contributed by atoms with Gasteiger partial charge in [-0.15, -0.1) is 11.3 Å². The molecule has 51 heavy (non-hydrogen) atoms. The van der Waals surface area contributed by atoms with E-state index in [-0.39, 0.29) is 0 Å². The van der Waals surface area contributed by atoms with Crippen LogP contribution in [0.15, 0.2) is 180 Å². The molecule has 0 aliphatic carbocycles. The van der Waals surface area contributed by atoms with E-state index in [2.05, 4.69) is 179 Å². The summed E-state index contributed by atoms with van der Waals surface area (Å²) in [6.07, 6.45) is 3.36. The zero-order valence-electron chi connectivity index (χ0n) is 28.1. The molecule has 3 nitrogen and oxygen atoms in total. The predicted molar refractivity (Wildman–Crippen MR) is 221 cm³/mol. The summed E-state index contributed by atoms with van der Waals surface area (Å²) in [7, 11) is 0. The van der Waals surface area contributed by atoms with E-state index in [1.165, 1.54) is 70.7 Å². The average molecular weight is 672 g/mol. The van der Waals surface area contributed by atoms with Crippen molar-refractivity contribution in [1.82, 2.24) is 4.57 Å². The van der Waals surface area contributed by atoms with E-state index < -0.39 is 0 Å². The van der Waals surface area contributed by atoms with Crippen molar-refractivity contribution in [1.29, 1.82) is 0 Å². The number of thiophene rings is 1. The van der Waals surface area contributed by atoms with Crippen LogP contribution in [0, 0.1) is 0 Å². The number of amidine groups is 1. The number of rotatable bonds is 6. The fourth-order valence-electron chi connectivity index (χ4n) is 7.40. The van der Waals surface area contributed by atoms with Gasteiger partial charge in [-0.1, -0.05) is 134 Å².